The van der Waals surface area contributed by atoms with Gasteiger partial charge in [0.15, 0.2) is 11.5 Å². The summed E-state index contributed by atoms with van der Waals surface area (Å²) in [6.45, 7) is 2.08. The predicted molar refractivity (Wildman–Crippen MR) is 86.0 cm³/mol. The first-order valence-corrected chi connectivity index (χ1v) is 8.41. The number of methoxy groups -OCH3 is 2. The molecule has 0 amide bonds. The number of hydrogen-bond acceptors (Lipinski definition) is 3. The highest BCUT2D eigenvalue weighted by molar-refractivity contribution is 9.09. The van der Waals surface area contributed by atoms with Crippen LogP contribution in [-0.2, 0) is 6.54 Å². The molecule has 0 bridgehead atoms. The monoisotopic (exact) mass is 341 g/mol. The predicted octanol–water partition coefficient (Wildman–Crippen LogP) is 3.84. The van der Waals surface area contributed by atoms with Crippen molar-refractivity contribution in [3.63, 3.8) is 0 Å². The first-order valence-electron chi connectivity index (χ1n) is 7.29. The minimum absolute atomic E-state index is 0.737. The summed E-state index contributed by atoms with van der Waals surface area (Å²) in [5.41, 5.74) is 1.29. The lowest BCUT2D eigenvalue weighted by Crippen LogP contribution is -2.34. The minimum Gasteiger partial charge on any atom is -0.493 e. The topological polar surface area (TPSA) is 21.7 Å². The summed E-state index contributed by atoms with van der Waals surface area (Å²) in [6, 6.07) is 6.96. The molecule has 1 aromatic carbocycles. The van der Waals surface area contributed by atoms with E-state index in [9.17, 15) is 0 Å². The molecule has 4 heteroatoms. The Balaban J connectivity index is 2.09. The van der Waals surface area contributed by atoms with Gasteiger partial charge in [-0.2, -0.15) is 0 Å². The van der Waals surface area contributed by atoms with Crippen molar-refractivity contribution >= 4 is 15.9 Å². The van der Waals surface area contributed by atoms with Crippen LogP contribution < -0.4 is 9.47 Å². The fourth-order valence-electron chi connectivity index (χ4n) is 2.98. The van der Waals surface area contributed by atoms with E-state index >= 15 is 0 Å². The van der Waals surface area contributed by atoms with Crippen LogP contribution in [0.15, 0.2) is 18.2 Å². The Morgan fingerprint density at radius 2 is 1.85 bits per heavy atom. The van der Waals surface area contributed by atoms with E-state index in [1.54, 1.807) is 14.2 Å². The average Bonchev–Trinajstić information content (AvgIpc) is 3.00. The maximum absolute atomic E-state index is 5.39. The zero-order valence-corrected chi connectivity index (χ0v) is 14.0. The molecular formula is C16H24BrNO2. The summed E-state index contributed by atoms with van der Waals surface area (Å²) in [4.78, 5) is 2.59. The molecular weight excluding hydrogens is 318 g/mol. The molecule has 1 aliphatic rings. The van der Waals surface area contributed by atoms with Gasteiger partial charge in [0.05, 0.1) is 14.2 Å². The molecule has 3 nitrogen and oxygen atoms in total. The second-order valence-electron chi connectivity index (χ2n) is 5.29. The van der Waals surface area contributed by atoms with Crippen LogP contribution in [0.25, 0.3) is 0 Å². The van der Waals surface area contributed by atoms with E-state index in [0.29, 0.717) is 0 Å². The van der Waals surface area contributed by atoms with Gasteiger partial charge in [0, 0.05) is 24.5 Å². The van der Waals surface area contributed by atoms with Gasteiger partial charge in [-0.05, 0) is 30.5 Å². The highest BCUT2D eigenvalue weighted by Gasteiger charge is 2.22. The lowest BCUT2D eigenvalue weighted by Gasteiger charge is -2.28. The van der Waals surface area contributed by atoms with Crippen LogP contribution in [0.2, 0.25) is 0 Å². The van der Waals surface area contributed by atoms with Crippen molar-refractivity contribution in [2.75, 3.05) is 26.1 Å². The molecule has 1 saturated carbocycles. The lowest BCUT2D eigenvalue weighted by molar-refractivity contribution is 0.202. The number of ether oxygens (including phenoxy) is 2. The van der Waals surface area contributed by atoms with Gasteiger partial charge in [-0.25, -0.2) is 0 Å². The average molecular weight is 342 g/mol. The van der Waals surface area contributed by atoms with Gasteiger partial charge in [0.25, 0.3) is 0 Å². The fourth-order valence-corrected chi connectivity index (χ4v) is 3.44. The number of alkyl halides is 1. The van der Waals surface area contributed by atoms with Crippen molar-refractivity contribution in [1.82, 2.24) is 4.90 Å². The Kier molecular flexibility index (Phi) is 6.17. The smallest absolute Gasteiger partial charge is 0.161 e. The second kappa shape index (κ2) is 7.89. The van der Waals surface area contributed by atoms with Crippen LogP contribution in [0.4, 0.5) is 0 Å². The van der Waals surface area contributed by atoms with Gasteiger partial charge in [-0.15, -0.1) is 0 Å². The Labute approximate surface area is 130 Å². The van der Waals surface area contributed by atoms with Crippen molar-refractivity contribution in [3.05, 3.63) is 23.8 Å². The maximum atomic E-state index is 5.39. The van der Waals surface area contributed by atoms with Crippen molar-refractivity contribution in [2.45, 2.75) is 38.3 Å². The third kappa shape index (κ3) is 3.89. The van der Waals surface area contributed by atoms with E-state index in [4.69, 9.17) is 9.47 Å². The molecule has 1 aliphatic carbocycles. The van der Waals surface area contributed by atoms with Crippen LogP contribution in [0.5, 0.6) is 11.5 Å². The summed E-state index contributed by atoms with van der Waals surface area (Å²) >= 11 is 3.58. The summed E-state index contributed by atoms with van der Waals surface area (Å²) in [5, 5.41) is 1.02. The zero-order chi connectivity index (χ0) is 14.4. The molecule has 2 rings (SSSR count). The van der Waals surface area contributed by atoms with Gasteiger partial charge in [-0.3, -0.25) is 4.90 Å². The molecule has 0 radical (unpaired) electrons. The Morgan fingerprint density at radius 1 is 1.15 bits per heavy atom. The molecule has 1 aromatic rings. The van der Waals surface area contributed by atoms with Crippen LogP contribution in [0.3, 0.4) is 0 Å². The summed E-state index contributed by atoms with van der Waals surface area (Å²) in [6.07, 6.45) is 5.41. The molecule has 0 saturated heterocycles. The summed E-state index contributed by atoms with van der Waals surface area (Å²) in [5.74, 6) is 1.61. The van der Waals surface area contributed by atoms with Crippen molar-refractivity contribution in [2.24, 2.45) is 0 Å². The SMILES string of the molecule is COc1ccc(CN(CCBr)C2CCCC2)cc1OC. The van der Waals surface area contributed by atoms with E-state index in [-0.39, 0.29) is 0 Å². The third-order valence-corrected chi connectivity index (χ3v) is 4.40. The lowest BCUT2D eigenvalue weighted by atomic mass is 10.1. The highest BCUT2D eigenvalue weighted by Crippen LogP contribution is 2.30. The van der Waals surface area contributed by atoms with E-state index in [1.165, 1.54) is 31.2 Å². The van der Waals surface area contributed by atoms with Gasteiger partial charge in [-0.1, -0.05) is 34.8 Å². The first-order chi connectivity index (χ1) is 9.78. The fraction of sp³-hybridized carbons (Fsp3) is 0.625. The third-order valence-electron chi connectivity index (χ3n) is 4.05. The number of benzene rings is 1. The summed E-state index contributed by atoms with van der Waals surface area (Å²) < 4.78 is 10.7. The second-order valence-corrected chi connectivity index (χ2v) is 6.08. The molecule has 112 valence electrons. The number of halogens is 1. The number of hydrogen-bond donors (Lipinski definition) is 0. The molecule has 0 unspecified atom stereocenters. The minimum atomic E-state index is 0.737. The molecule has 0 heterocycles. The Morgan fingerprint density at radius 3 is 2.45 bits per heavy atom. The molecule has 0 atom stereocenters. The van der Waals surface area contributed by atoms with Crippen LogP contribution in [-0.4, -0.2) is 37.0 Å². The zero-order valence-electron chi connectivity index (χ0n) is 12.4. The van der Waals surface area contributed by atoms with Crippen LogP contribution >= 0.6 is 15.9 Å². The van der Waals surface area contributed by atoms with E-state index in [0.717, 1.165) is 36.0 Å². The van der Waals surface area contributed by atoms with Gasteiger partial charge in [0.1, 0.15) is 0 Å². The van der Waals surface area contributed by atoms with Gasteiger partial charge < -0.3 is 9.47 Å². The standard InChI is InChI=1S/C16H24BrNO2/c1-19-15-8-7-13(11-16(15)20-2)12-18(10-9-17)14-5-3-4-6-14/h7-8,11,14H,3-6,9-10,12H2,1-2H3. The maximum Gasteiger partial charge on any atom is 0.161 e. The van der Waals surface area contributed by atoms with E-state index < -0.39 is 0 Å². The van der Waals surface area contributed by atoms with Crippen molar-refractivity contribution in [1.29, 1.82) is 0 Å². The molecule has 0 spiro atoms. The number of nitrogens with zero attached hydrogens (tertiary/aromatic N) is 1. The number of rotatable bonds is 7. The van der Waals surface area contributed by atoms with Crippen molar-refractivity contribution < 1.29 is 9.47 Å². The Hall–Kier alpha value is -0.740. The van der Waals surface area contributed by atoms with Gasteiger partial charge >= 0.3 is 0 Å². The first kappa shape index (κ1) is 15.6. The largest absolute Gasteiger partial charge is 0.493 e. The van der Waals surface area contributed by atoms with E-state index in [1.807, 2.05) is 6.07 Å². The van der Waals surface area contributed by atoms with Gasteiger partial charge in [0.2, 0.25) is 0 Å². The molecule has 0 N–H and O–H groups in total. The molecule has 0 aromatic heterocycles. The van der Waals surface area contributed by atoms with Crippen molar-refractivity contribution in [3.8, 4) is 11.5 Å². The highest BCUT2D eigenvalue weighted by atomic mass is 79.9. The molecule has 20 heavy (non-hydrogen) atoms. The molecule has 1 fully saturated rings. The molecule has 0 aliphatic heterocycles. The van der Waals surface area contributed by atoms with Crippen LogP contribution in [0.1, 0.15) is 31.2 Å². The quantitative estimate of drug-likeness (QED) is 0.703. The van der Waals surface area contributed by atoms with Crippen LogP contribution in [0, 0.1) is 0 Å². The van der Waals surface area contributed by atoms with E-state index in [2.05, 4.69) is 33.0 Å². The normalized spacial score (nSPS) is 15.8. The Bertz CT molecular complexity index is 419. The summed E-state index contributed by atoms with van der Waals surface area (Å²) in [7, 11) is 3.36.